The second-order valence-electron chi connectivity index (χ2n) is 9.36. The van der Waals surface area contributed by atoms with Crippen LogP contribution in [-0.4, -0.2) is 59.3 Å². The Kier molecular flexibility index (Phi) is 8.86. The van der Waals surface area contributed by atoms with Crippen molar-refractivity contribution in [1.82, 2.24) is 9.80 Å². The molecule has 5 nitrogen and oxygen atoms in total. The molecule has 0 aromatic heterocycles. The van der Waals surface area contributed by atoms with Gasteiger partial charge in [-0.2, -0.15) is 13.2 Å². The fourth-order valence-corrected chi connectivity index (χ4v) is 3.95. The molecule has 2 aliphatic rings. The first-order valence-corrected chi connectivity index (χ1v) is 11.8. The van der Waals surface area contributed by atoms with Gasteiger partial charge in [0.15, 0.2) is 0 Å². The zero-order chi connectivity index (χ0) is 24.3. The van der Waals surface area contributed by atoms with Gasteiger partial charge >= 0.3 is 18.2 Å². The van der Waals surface area contributed by atoms with Gasteiger partial charge in [0, 0.05) is 35.2 Å². The Bertz CT molecular complexity index is 778. The number of piperidine rings is 1. The number of hydrogen-bond acceptors (Lipinski definition) is 3. The van der Waals surface area contributed by atoms with Crippen molar-refractivity contribution in [3.63, 3.8) is 0 Å². The van der Waals surface area contributed by atoms with Gasteiger partial charge in [-0.05, 0) is 87.1 Å². The number of hydrogen-bond donors (Lipinski definition) is 0. The van der Waals surface area contributed by atoms with Gasteiger partial charge in [0.1, 0.15) is 5.60 Å². The molecular weight excluding hydrogens is 536 g/mol. The molecule has 1 aliphatic carbocycles. The van der Waals surface area contributed by atoms with Gasteiger partial charge in [-0.15, -0.1) is 0 Å². The van der Waals surface area contributed by atoms with E-state index in [1.807, 2.05) is 25.2 Å². The molecule has 2 amide bonds. The summed E-state index contributed by atoms with van der Waals surface area (Å²) < 4.78 is 46.2. The van der Waals surface area contributed by atoms with Gasteiger partial charge in [0.2, 0.25) is 0 Å². The Balaban J connectivity index is 2.00. The van der Waals surface area contributed by atoms with Crippen LogP contribution in [-0.2, 0) is 9.53 Å². The largest absolute Gasteiger partial charge is 0.471 e. The highest BCUT2D eigenvalue weighted by Gasteiger charge is 2.52. The average Bonchev–Trinajstić information content (AvgIpc) is 3.48. The summed E-state index contributed by atoms with van der Waals surface area (Å²) in [5.41, 5.74) is 0.123. The number of likely N-dealkylation sites (tertiary alicyclic amines) is 1. The SMILES string of the molecule is C=C(/C=C\C(I)=C/C)[C@H]1C[C@@H]1N(CC1CCN(C(=O)OC(C)(C)C)CC1)C(=O)C(F)(F)F. The number of carbonyl (C=O) groups excluding carboxylic acids is 2. The topological polar surface area (TPSA) is 49.9 Å². The van der Waals surface area contributed by atoms with Gasteiger partial charge in [0.25, 0.3) is 0 Å². The van der Waals surface area contributed by atoms with Crippen LogP contribution in [0.25, 0.3) is 0 Å². The van der Waals surface area contributed by atoms with Crippen LogP contribution in [0.1, 0.15) is 47.0 Å². The molecule has 9 heteroatoms. The summed E-state index contributed by atoms with van der Waals surface area (Å²) in [5.74, 6) is -2.06. The van der Waals surface area contributed by atoms with Crippen LogP contribution in [0.5, 0.6) is 0 Å². The van der Waals surface area contributed by atoms with Crippen molar-refractivity contribution < 1.29 is 27.5 Å². The molecule has 32 heavy (non-hydrogen) atoms. The molecule has 1 heterocycles. The van der Waals surface area contributed by atoms with Crippen molar-refractivity contribution >= 4 is 34.6 Å². The lowest BCUT2D eigenvalue weighted by molar-refractivity contribution is -0.187. The van der Waals surface area contributed by atoms with Crippen molar-refractivity contribution in [2.75, 3.05) is 19.6 Å². The highest BCUT2D eigenvalue weighted by atomic mass is 127. The lowest BCUT2D eigenvalue weighted by Crippen LogP contribution is -2.48. The lowest BCUT2D eigenvalue weighted by atomic mass is 9.96. The Labute approximate surface area is 201 Å². The van der Waals surface area contributed by atoms with E-state index < -0.39 is 29.8 Å². The highest BCUT2D eigenvalue weighted by Crippen LogP contribution is 2.43. The van der Waals surface area contributed by atoms with Gasteiger partial charge in [-0.3, -0.25) is 4.79 Å². The van der Waals surface area contributed by atoms with Crippen LogP contribution >= 0.6 is 22.6 Å². The third-order valence-corrected chi connectivity index (χ3v) is 6.57. The fourth-order valence-electron chi connectivity index (χ4n) is 3.77. The number of rotatable bonds is 6. The molecule has 180 valence electrons. The summed E-state index contributed by atoms with van der Waals surface area (Å²) in [7, 11) is 0. The summed E-state index contributed by atoms with van der Waals surface area (Å²) in [6.45, 7) is 12.1. The van der Waals surface area contributed by atoms with E-state index in [0.29, 0.717) is 32.4 Å². The molecule has 0 N–H and O–H groups in total. The number of allylic oxidation sites excluding steroid dienone is 4. The van der Waals surface area contributed by atoms with E-state index in [4.69, 9.17) is 4.74 Å². The minimum absolute atomic E-state index is 0.0328. The minimum Gasteiger partial charge on any atom is -0.444 e. The molecule has 2 fully saturated rings. The summed E-state index contributed by atoms with van der Waals surface area (Å²) >= 11 is 2.16. The van der Waals surface area contributed by atoms with Crippen LogP contribution < -0.4 is 0 Å². The molecular formula is C23H32F3IN2O3. The Morgan fingerprint density at radius 3 is 2.28 bits per heavy atom. The average molecular weight is 568 g/mol. The zero-order valence-corrected chi connectivity index (χ0v) is 21.2. The Morgan fingerprint density at radius 2 is 1.78 bits per heavy atom. The summed E-state index contributed by atoms with van der Waals surface area (Å²) in [5, 5.41) is 0. The first kappa shape index (κ1) is 26.7. The predicted molar refractivity (Wildman–Crippen MR) is 126 cm³/mol. The van der Waals surface area contributed by atoms with E-state index in [-0.39, 0.29) is 18.4 Å². The second-order valence-corrected chi connectivity index (χ2v) is 10.6. The first-order valence-electron chi connectivity index (χ1n) is 10.8. The summed E-state index contributed by atoms with van der Waals surface area (Å²) in [6, 6.07) is -0.492. The number of carbonyl (C=O) groups is 2. The monoisotopic (exact) mass is 568 g/mol. The normalized spacial score (nSPS) is 22.8. The number of ether oxygens (including phenoxy) is 1. The molecule has 2 atom stereocenters. The standard InChI is InChI=1S/C23H32F3IN2O3/c1-6-17(27)8-7-15(2)18-13-19(18)29(20(30)23(24,25)26)14-16-9-11-28(12-10-16)21(31)32-22(3,4)5/h6-8,16,18-19H,2,9-14H2,1,3-5H3/b8-7-,17-6+/t18-,19+/m1/s1. The maximum atomic E-state index is 13.3. The molecule has 0 aromatic carbocycles. The second kappa shape index (κ2) is 10.6. The quantitative estimate of drug-likeness (QED) is 0.298. The summed E-state index contributed by atoms with van der Waals surface area (Å²) in [4.78, 5) is 27.0. The van der Waals surface area contributed by atoms with Crippen LogP contribution in [0, 0.1) is 11.8 Å². The number of amides is 2. The van der Waals surface area contributed by atoms with Crippen LogP contribution in [0.3, 0.4) is 0 Å². The third kappa shape index (κ3) is 7.81. The highest BCUT2D eigenvalue weighted by molar-refractivity contribution is 14.1. The van der Waals surface area contributed by atoms with E-state index in [1.54, 1.807) is 25.7 Å². The van der Waals surface area contributed by atoms with Gasteiger partial charge in [-0.25, -0.2) is 4.79 Å². The molecule has 0 spiro atoms. The van der Waals surface area contributed by atoms with Crippen molar-refractivity contribution in [2.24, 2.45) is 11.8 Å². The van der Waals surface area contributed by atoms with Crippen LogP contribution in [0.4, 0.5) is 18.0 Å². The molecule has 0 radical (unpaired) electrons. The fraction of sp³-hybridized carbons (Fsp3) is 0.652. The maximum absolute atomic E-state index is 13.3. The van der Waals surface area contributed by atoms with Crippen LogP contribution in [0.15, 0.2) is 34.0 Å². The van der Waals surface area contributed by atoms with Gasteiger partial charge in [-0.1, -0.05) is 18.7 Å². The molecule has 0 bridgehead atoms. The molecule has 1 saturated carbocycles. The Morgan fingerprint density at radius 1 is 1.19 bits per heavy atom. The molecule has 2 rings (SSSR count). The third-order valence-electron chi connectivity index (χ3n) is 5.59. The van der Waals surface area contributed by atoms with Crippen molar-refractivity contribution in [3.8, 4) is 0 Å². The maximum Gasteiger partial charge on any atom is 0.471 e. The van der Waals surface area contributed by atoms with E-state index in [9.17, 15) is 22.8 Å². The van der Waals surface area contributed by atoms with Crippen molar-refractivity contribution in [1.29, 1.82) is 0 Å². The van der Waals surface area contributed by atoms with Gasteiger partial charge in [0.05, 0.1) is 0 Å². The smallest absolute Gasteiger partial charge is 0.444 e. The van der Waals surface area contributed by atoms with E-state index >= 15 is 0 Å². The molecule has 0 aromatic rings. The molecule has 0 unspecified atom stereocenters. The van der Waals surface area contributed by atoms with Crippen molar-refractivity contribution in [3.05, 3.63) is 34.0 Å². The number of alkyl halides is 3. The van der Waals surface area contributed by atoms with E-state index in [2.05, 4.69) is 29.2 Å². The number of halogens is 4. The Hall–Kier alpha value is -1.52. The van der Waals surface area contributed by atoms with E-state index in [0.717, 1.165) is 14.1 Å². The summed E-state index contributed by atoms with van der Waals surface area (Å²) in [6.07, 6.45) is 1.79. The minimum atomic E-state index is -4.91. The van der Waals surface area contributed by atoms with Gasteiger partial charge < -0.3 is 14.5 Å². The van der Waals surface area contributed by atoms with Crippen molar-refractivity contribution in [2.45, 2.75) is 64.8 Å². The molecule has 1 aliphatic heterocycles. The van der Waals surface area contributed by atoms with Crippen LogP contribution in [0.2, 0.25) is 0 Å². The lowest BCUT2D eigenvalue weighted by Gasteiger charge is -2.36. The first-order chi connectivity index (χ1) is 14.7. The molecule has 1 saturated heterocycles. The zero-order valence-electron chi connectivity index (χ0n) is 19.0. The number of nitrogens with zero attached hydrogens (tertiary/aromatic N) is 2. The predicted octanol–water partition coefficient (Wildman–Crippen LogP) is 5.86. The van der Waals surface area contributed by atoms with E-state index in [1.165, 1.54) is 0 Å².